The first-order chi connectivity index (χ1) is 3.77. The minimum absolute atomic E-state index is 0.201. The number of alkyl halides is 1. The van der Waals surface area contributed by atoms with Gasteiger partial charge in [0.2, 0.25) is 0 Å². The van der Waals surface area contributed by atoms with E-state index in [1.165, 1.54) is 0 Å². The molecule has 0 unspecified atom stereocenters. The first-order valence-electron chi connectivity index (χ1n) is 2.52. The Kier molecular flexibility index (Phi) is 5.49. The third-order valence-electron chi connectivity index (χ3n) is 0.562. The fraction of sp³-hybridized carbons (Fsp3) is 1.00. The second-order valence-electron chi connectivity index (χ2n) is 1.65. The minimum Gasteiger partial charge on any atom is -0.353 e. The van der Waals surface area contributed by atoms with Crippen molar-refractivity contribution in [3.63, 3.8) is 0 Å². The number of rotatable bonds is 4. The van der Waals surface area contributed by atoms with Gasteiger partial charge in [-0.15, -0.1) is 0 Å². The largest absolute Gasteiger partial charge is 0.353 e. The van der Waals surface area contributed by atoms with Gasteiger partial charge in [-0.1, -0.05) is 11.6 Å². The molecule has 0 radical (unpaired) electrons. The van der Waals surface area contributed by atoms with Gasteiger partial charge in [-0.3, -0.25) is 0 Å². The molecule has 2 nitrogen and oxygen atoms in total. The van der Waals surface area contributed by atoms with E-state index in [1.807, 2.05) is 13.8 Å². The van der Waals surface area contributed by atoms with Crippen molar-refractivity contribution in [3.05, 3.63) is 0 Å². The first kappa shape index (κ1) is 8.21. The molecule has 50 valence electrons. The summed E-state index contributed by atoms with van der Waals surface area (Å²) in [7, 11) is 0. The molecule has 0 atom stereocenters. The zero-order valence-electron chi connectivity index (χ0n) is 5.19. The van der Waals surface area contributed by atoms with Gasteiger partial charge in [0.1, 0.15) is 12.9 Å². The highest BCUT2D eigenvalue weighted by atomic mass is 35.5. The molecule has 0 spiro atoms. The van der Waals surface area contributed by atoms with E-state index in [-0.39, 0.29) is 12.2 Å². The van der Waals surface area contributed by atoms with Crippen molar-refractivity contribution in [2.45, 2.75) is 20.0 Å². The van der Waals surface area contributed by atoms with Gasteiger partial charge in [0.15, 0.2) is 0 Å². The van der Waals surface area contributed by atoms with Crippen LogP contribution in [0.3, 0.4) is 0 Å². The molecule has 0 aromatic carbocycles. The van der Waals surface area contributed by atoms with Crippen molar-refractivity contribution in [2.75, 3.05) is 12.9 Å². The standard InChI is InChI=1S/C5H11ClO2/c1-5(2)8-4-7-3-6/h5H,3-4H2,1-2H3. The topological polar surface area (TPSA) is 18.5 Å². The lowest BCUT2D eigenvalue weighted by atomic mass is 10.5. The van der Waals surface area contributed by atoms with Crippen LogP contribution in [0.15, 0.2) is 0 Å². The van der Waals surface area contributed by atoms with Crippen LogP contribution in [0, 0.1) is 0 Å². The molecule has 0 amide bonds. The molecule has 0 aliphatic carbocycles. The third-order valence-corrected chi connectivity index (χ3v) is 0.716. The molecule has 0 saturated heterocycles. The summed E-state index contributed by atoms with van der Waals surface area (Å²) in [5, 5.41) is 0. The molecule has 0 aliphatic heterocycles. The molecule has 0 heterocycles. The van der Waals surface area contributed by atoms with Crippen molar-refractivity contribution in [1.82, 2.24) is 0 Å². The Bertz CT molecular complexity index is 47.7. The van der Waals surface area contributed by atoms with Crippen LogP contribution < -0.4 is 0 Å². The lowest BCUT2D eigenvalue weighted by Gasteiger charge is -2.04. The summed E-state index contributed by atoms with van der Waals surface area (Å²) in [5.74, 6) is 0. The van der Waals surface area contributed by atoms with Gasteiger partial charge < -0.3 is 9.47 Å². The van der Waals surface area contributed by atoms with Crippen LogP contribution in [0.4, 0.5) is 0 Å². The maximum atomic E-state index is 5.18. The maximum Gasteiger partial charge on any atom is 0.148 e. The first-order valence-corrected chi connectivity index (χ1v) is 3.06. The van der Waals surface area contributed by atoms with E-state index < -0.39 is 0 Å². The van der Waals surface area contributed by atoms with Crippen molar-refractivity contribution in [3.8, 4) is 0 Å². The van der Waals surface area contributed by atoms with Crippen LogP contribution in [0.5, 0.6) is 0 Å². The Morgan fingerprint density at radius 1 is 1.50 bits per heavy atom. The predicted octanol–water partition coefficient (Wildman–Crippen LogP) is 1.58. The second-order valence-corrected chi connectivity index (χ2v) is 1.86. The predicted molar refractivity (Wildman–Crippen MR) is 32.9 cm³/mol. The fourth-order valence-corrected chi connectivity index (χ4v) is 0.279. The average molecular weight is 139 g/mol. The SMILES string of the molecule is CC(C)OCOCCl. The van der Waals surface area contributed by atoms with E-state index in [4.69, 9.17) is 16.3 Å². The van der Waals surface area contributed by atoms with E-state index in [0.717, 1.165) is 0 Å². The van der Waals surface area contributed by atoms with Gasteiger partial charge in [0.25, 0.3) is 0 Å². The van der Waals surface area contributed by atoms with Crippen LogP contribution >= 0.6 is 11.6 Å². The lowest BCUT2D eigenvalue weighted by Crippen LogP contribution is -2.05. The average Bonchev–Trinajstić information content (AvgIpc) is 1.66. The summed E-state index contributed by atoms with van der Waals surface area (Å²) in [6.45, 7) is 4.18. The smallest absolute Gasteiger partial charge is 0.148 e. The summed E-state index contributed by atoms with van der Waals surface area (Å²) < 4.78 is 9.66. The molecule has 0 N–H and O–H groups in total. The van der Waals surface area contributed by atoms with Gasteiger partial charge in [-0.2, -0.15) is 0 Å². The Balaban J connectivity index is 2.72. The van der Waals surface area contributed by atoms with E-state index in [9.17, 15) is 0 Å². The molecule has 0 fully saturated rings. The Morgan fingerprint density at radius 2 is 2.12 bits per heavy atom. The molecule has 0 aromatic rings. The van der Waals surface area contributed by atoms with Crippen molar-refractivity contribution >= 4 is 11.6 Å². The summed E-state index contributed by atoms with van der Waals surface area (Å²) in [4.78, 5) is 0. The van der Waals surface area contributed by atoms with Crippen LogP contribution in [-0.2, 0) is 9.47 Å². The molecule has 0 aromatic heterocycles. The third kappa shape index (κ3) is 6.21. The second kappa shape index (κ2) is 5.35. The van der Waals surface area contributed by atoms with Crippen molar-refractivity contribution in [2.24, 2.45) is 0 Å². The maximum absolute atomic E-state index is 5.18. The molecular weight excluding hydrogens is 128 g/mol. The summed E-state index contributed by atoms with van der Waals surface area (Å²) >= 11 is 5.18. The highest BCUT2D eigenvalue weighted by molar-refractivity contribution is 6.17. The summed E-state index contributed by atoms with van der Waals surface area (Å²) in [6, 6.07) is 0.201. The molecule has 8 heavy (non-hydrogen) atoms. The van der Waals surface area contributed by atoms with Crippen molar-refractivity contribution in [1.29, 1.82) is 0 Å². The Morgan fingerprint density at radius 3 is 2.50 bits per heavy atom. The number of ether oxygens (including phenoxy) is 2. The molecule has 0 saturated carbocycles. The zero-order chi connectivity index (χ0) is 6.41. The number of hydrogen-bond acceptors (Lipinski definition) is 2. The highest BCUT2D eigenvalue weighted by Gasteiger charge is 1.89. The van der Waals surface area contributed by atoms with Crippen LogP contribution in [0.1, 0.15) is 13.8 Å². The van der Waals surface area contributed by atoms with Crippen LogP contribution in [0.25, 0.3) is 0 Å². The minimum atomic E-state index is 0.201. The zero-order valence-corrected chi connectivity index (χ0v) is 5.94. The normalized spacial score (nSPS) is 10.5. The van der Waals surface area contributed by atoms with Gasteiger partial charge in [0, 0.05) is 0 Å². The molecule has 0 aliphatic rings. The van der Waals surface area contributed by atoms with E-state index in [0.29, 0.717) is 6.79 Å². The number of hydrogen-bond donors (Lipinski definition) is 0. The molecule has 3 heteroatoms. The molecule has 0 bridgehead atoms. The Hall–Kier alpha value is 0.210. The summed E-state index contributed by atoms with van der Waals surface area (Å²) in [6.07, 6.45) is 0.221. The quantitative estimate of drug-likeness (QED) is 0.334. The fourth-order valence-electron chi connectivity index (χ4n) is 0.216. The van der Waals surface area contributed by atoms with E-state index >= 15 is 0 Å². The van der Waals surface area contributed by atoms with Gasteiger partial charge in [-0.25, -0.2) is 0 Å². The van der Waals surface area contributed by atoms with E-state index in [1.54, 1.807) is 0 Å². The highest BCUT2D eigenvalue weighted by Crippen LogP contribution is 1.87. The van der Waals surface area contributed by atoms with Gasteiger partial charge >= 0.3 is 0 Å². The Labute approximate surface area is 54.7 Å². The monoisotopic (exact) mass is 138 g/mol. The molecule has 0 rings (SSSR count). The van der Waals surface area contributed by atoms with Crippen LogP contribution in [-0.4, -0.2) is 19.0 Å². The van der Waals surface area contributed by atoms with E-state index in [2.05, 4.69) is 4.74 Å². The van der Waals surface area contributed by atoms with Gasteiger partial charge in [-0.05, 0) is 13.8 Å². The van der Waals surface area contributed by atoms with Crippen molar-refractivity contribution < 1.29 is 9.47 Å². The summed E-state index contributed by atoms with van der Waals surface area (Å²) in [5.41, 5.74) is 0. The van der Waals surface area contributed by atoms with Crippen LogP contribution in [0.2, 0.25) is 0 Å². The lowest BCUT2D eigenvalue weighted by molar-refractivity contribution is -0.0649. The molecular formula is C5H11ClO2. The van der Waals surface area contributed by atoms with Gasteiger partial charge in [0.05, 0.1) is 6.10 Å². The number of halogens is 1.